The van der Waals surface area contributed by atoms with E-state index in [1.165, 1.54) is 32.1 Å². The normalized spacial score (nSPS) is 36.2. The number of aliphatic carboxylic acids is 1. The van der Waals surface area contributed by atoms with Crippen LogP contribution in [0, 0.1) is 11.8 Å². The van der Waals surface area contributed by atoms with Crippen LogP contribution in [-0.2, 0) is 4.79 Å². The molecule has 2 aliphatic rings. The average Bonchev–Trinajstić information content (AvgIpc) is 2.54. The van der Waals surface area contributed by atoms with E-state index in [1.807, 2.05) is 0 Å². The minimum atomic E-state index is -0.719. The summed E-state index contributed by atoms with van der Waals surface area (Å²) in [6.07, 6.45) is 6.72. The average molecular weight is 240 g/mol. The molecule has 1 saturated carbocycles. The summed E-state index contributed by atoms with van der Waals surface area (Å²) in [5.74, 6) is 0.0927. The van der Waals surface area contributed by atoms with Crippen molar-refractivity contribution >= 4 is 5.97 Å². The fourth-order valence-electron chi connectivity index (χ4n) is 3.76. The number of hydrogen-bond donors (Lipinski definition) is 2. The predicted octanol–water partition coefficient (Wildman–Crippen LogP) is 1.30. The molecule has 1 saturated heterocycles. The van der Waals surface area contributed by atoms with E-state index in [1.54, 1.807) is 0 Å². The van der Waals surface area contributed by atoms with E-state index in [0.717, 1.165) is 6.54 Å². The summed E-state index contributed by atoms with van der Waals surface area (Å²) in [5, 5.41) is 8.90. The first-order valence-electron chi connectivity index (χ1n) is 6.77. The number of nitrogens with two attached hydrogens (primary N) is 1. The fourth-order valence-corrected chi connectivity index (χ4v) is 3.76. The van der Waals surface area contributed by atoms with Gasteiger partial charge in [0.05, 0.1) is 6.42 Å². The molecule has 17 heavy (non-hydrogen) atoms. The van der Waals surface area contributed by atoms with Crippen LogP contribution in [0.5, 0.6) is 0 Å². The summed E-state index contributed by atoms with van der Waals surface area (Å²) in [7, 11) is 2.10. The number of rotatable bonds is 3. The van der Waals surface area contributed by atoms with Crippen molar-refractivity contribution in [3.63, 3.8) is 0 Å². The highest BCUT2D eigenvalue weighted by molar-refractivity contribution is 5.67. The second-order valence-corrected chi connectivity index (χ2v) is 5.76. The highest BCUT2D eigenvalue weighted by atomic mass is 16.4. The van der Waals surface area contributed by atoms with Crippen molar-refractivity contribution < 1.29 is 9.90 Å². The van der Waals surface area contributed by atoms with Gasteiger partial charge in [0, 0.05) is 18.6 Å². The quantitative estimate of drug-likeness (QED) is 0.780. The lowest BCUT2D eigenvalue weighted by Crippen LogP contribution is -2.45. The third kappa shape index (κ3) is 2.80. The van der Waals surface area contributed by atoms with E-state index < -0.39 is 5.97 Å². The van der Waals surface area contributed by atoms with Crippen molar-refractivity contribution in [1.29, 1.82) is 0 Å². The van der Waals surface area contributed by atoms with E-state index in [9.17, 15) is 4.79 Å². The number of hydrogen-bond acceptors (Lipinski definition) is 3. The molecule has 0 aromatic rings. The number of likely N-dealkylation sites (N-methyl/N-ethyl adjacent to an activating group) is 1. The van der Waals surface area contributed by atoms with Gasteiger partial charge in [-0.2, -0.15) is 0 Å². The molecule has 1 aliphatic carbocycles. The number of carboxylic acids is 1. The first kappa shape index (κ1) is 12.8. The van der Waals surface area contributed by atoms with Crippen molar-refractivity contribution in [2.75, 3.05) is 13.6 Å². The summed E-state index contributed by atoms with van der Waals surface area (Å²) in [6, 6.07) is 0.443. The molecule has 0 aromatic carbocycles. The van der Waals surface area contributed by atoms with Crippen LogP contribution >= 0.6 is 0 Å². The second kappa shape index (κ2) is 5.36. The molecule has 0 aromatic heterocycles. The van der Waals surface area contributed by atoms with Crippen molar-refractivity contribution in [2.45, 2.75) is 50.6 Å². The summed E-state index contributed by atoms with van der Waals surface area (Å²) in [6.45, 7) is 0.842. The van der Waals surface area contributed by atoms with Gasteiger partial charge >= 0.3 is 5.97 Å². The van der Waals surface area contributed by atoms with Gasteiger partial charge in [-0.25, -0.2) is 0 Å². The standard InChI is InChI=1S/C13H24N2O2/c1-15-8-10(7-11(16)17)12(14)13(15)9-5-3-2-4-6-9/h9-10,12-13H,2-8,14H2,1H3,(H,16,17). The molecular formula is C13H24N2O2. The topological polar surface area (TPSA) is 66.6 Å². The van der Waals surface area contributed by atoms with Crippen LogP contribution in [0.4, 0.5) is 0 Å². The highest BCUT2D eigenvalue weighted by Gasteiger charge is 2.42. The minimum absolute atomic E-state index is 0.0409. The van der Waals surface area contributed by atoms with Crippen molar-refractivity contribution in [3.8, 4) is 0 Å². The number of nitrogens with zero attached hydrogens (tertiary/aromatic N) is 1. The lowest BCUT2D eigenvalue weighted by molar-refractivity contribution is -0.138. The molecule has 2 rings (SSSR count). The van der Waals surface area contributed by atoms with E-state index in [-0.39, 0.29) is 18.4 Å². The molecule has 0 spiro atoms. The van der Waals surface area contributed by atoms with Crippen LogP contribution in [0.15, 0.2) is 0 Å². The van der Waals surface area contributed by atoms with Crippen LogP contribution in [-0.4, -0.2) is 41.7 Å². The Kier molecular flexibility index (Phi) is 4.05. The zero-order valence-electron chi connectivity index (χ0n) is 10.6. The van der Waals surface area contributed by atoms with Crippen molar-refractivity contribution in [3.05, 3.63) is 0 Å². The van der Waals surface area contributed by atoms with Gasteiger partial charge in [0.1, 0.15) is 0 Å². The van der Waals surface area contributed by atoms with Gasteiger partial charge in [-0.15, -0.1) is 0 Å². The molecule has 3 atom stereocenters. The monoisotopic (exact) mass is 240 g/mol. The molecule has 3 unspecified atom stereocenters. The molecule has 4 nitrogen and oxygen atoms in total. The Bertz CT molecular complexity index is 277. The van der Waals surface area contributed by atoms with E-state index in [4.69, 9.17) is 10.8 Å². The molecule has 0 bridgehead atoms. The van der Waals surface area contributed by atoms with E-state index >= 15 is 0 Å². The summed E-state index contributed by atoms with van der Waals surface area (Å²) in [5.41, 5.74) is 6.29. The summed E-state index contributed by atoms with van der Waals surface area (Å²) >= 11 is 0. The molecule has 1 heterocycles. The Hall–Kier alpha value is -0.610. The van der Waals surface area contributed by atoms with Crippen LogP contribution in [0.2, 0.25) is 0 Å². The van der Waals surface area contributed by atoms with Gasteiger partial charge in [-0.3, -0.25) is 4.79 Å². The van der Waals surface area contributed by atoms with Crippen molar-refractivity contribution in [1.82, 2.24) is 4.90 Å². The first-order chi connectivity index (χ1) is 8.09. The molecule has 98 valence electrons. The first-order valence-corrected chi connectivity index (χ1v) is 6.77. The lowest BCUT2D eigenvalue weighted by atomic mass is 9.80. The van der Waals surface area contributed by atoms with E-state index in [0.29, 0.717) is 12.0 Å². The molecule has 1 aliphatic heterocycles. The molecule has 2 fully saturated rings. The van der Waals surface area contributed by atoms with Crippen LogP contribution < -0.4 is 5.73 Å². The Morgan fingerprint density at radius 1 is 1.35 bits per heavy atom. The number of likely N-dealkylation sites (tertiary alicyclic amines) is 1. The Morgan fingerprint density at radius 3 is 2.59 bits per heavy atom. The van der Waals surface area contributed by atoms with Crippen molar-refractivity contribution in [2.24, 2.45) is 17.6 Å². The smallest absolute Gasteiger partial charge is 0.303 e. The zero-order valence-corrected chi connectivity index (χ0v) is 10.6. The maximum Gasteiger partial charge on any atom is 0.303 e. The Labute approximate surface area is 103 Å². The highest BCUT2D eigenvalue weighted by Crippen LogP contribution is 2.35. The molecular weight excluding hydrogens is 216 g/mol. The third-order valence-corrected chi connectivity index (χ3v) is 4.54. The van der Waals surface area contributed by atoms with Gasteiger partial charge in [0.25, 0.3) is 0 Å². The SMILES string of the molecule is CN1CC(CC(=O)O)C(N)C1C1CCCCC1. The minimum Gasteiger partial charge on any atom is -0.481 e. The number of carboxylic acid groups (broad SMARTS) is 1. The Balaban J connectivity index is 1.99. The predicted molar refractivity (Wildman–Crippen MR) is 66.7 cm³/mol. The molecule has 4 heteroatoms. The Morgan fingerprint density at radius 2 is 2.00 bits per heavy atom. The molecule has 0 radical (unpaired) electrons. The van der Waals surface area contributed by atoms with Gasteiger partial charge < -0.3 is 15.7 Å². The number of carbonyl (C=O) groups is 1. The van der Waals surface area contributed by atoms with E-state index in [2.05, 4.69) is 11.9 Å². The fraction of sp³-hybridized carbons (Fsp3) is 0.923. The van der Waals surface area contributed by atoms with Gasteiger partial charge in [0.15, 0.2) is 0 Å². The van der Waals surface area contributed by atoms with Crippen LogP contribution in [0.3, 0.4) is 0 Å². The maximum absolute atomic E-state index is 10.8. The largest absolute Gasteiger partial charge is 0.481 e. The maximum atomic E-state index is 10.8. The third-order valence-electron chi connectivity index (χ3n) is 4.54. The van der Waals surface area contributed by atoms with Gasteiger partial charge in [-0.05, 0) is 31.7 Å². The van der Waals surface area contributed by atoms with Crippen LogP contribution in [0.1, 0.15) is 38.5 Å². The second-order valence-electron chi connectivity index (χ2n) is 5.76. The summed E-state index contributed by atoms with van der Waals surface area (Å²) < 4.78 is 0. The van der Waals surface area contributed by atoms with Gasteiger partial charge in [0.2, 0.25) is 0 Å². The zero-order chi connectivity index (χ0) is 12.4. The van der Waals surface area contributed by atoms with Crippen LogP contribution in [0.25, 0.3) is 0 Å². The van der Waals surface area contributed by atoms with Gasteiger partial charge in [-0.1, -0.05) is 19.3 Å². The summed E-state index contributed by atoms with van der Waals surface area (Å²) in [4.78, 5) is 13.1. The molecule has 3 N–H and O–H groups in total. The lowest BCUT2D eigenvalue weighted by Gasteiger charge is -2.34. The molecule has 0 amide bonds.